The highest BCUT2D eigenvalue weighted by atomic mass is 16.5. The van der Waals surface area contributed by atoms with Crippen LogP contribution in [0.3, 0.4) is 0 Å². The Labute approximate surface area is 160 Å². The standard InChI is InChI=1S/C21H28N2O4/c1-14(11-19(24)22-5-6-23-7-9-26-10-8-23)17-12-18-15(2)13-27-21(18)16(3)20(17)25-4/h11-13H,5-10H2,1-4H3,(H,22,24)/b14-11+. The van der Waals surface area contributed by atoms with Crippen molar-refractivity contribution in [3.05, 3.63) is 35.1 Å². The van der Waals surface area contributed by atoms with Crippen LogP contribution in [0.2, 0.25) is 0 Å². The van der Waals surface area contributed by atoms with Crippen LogP contribution in [0.5, 0.6) is 5.75 Å². The van der Waals surface area contributed by atoms with Crippen molar-refractivity contribution in [2.75, 3.05) is 46.5 Å². The molecule has 0 aliphatic carbocycles. The second-order valence-corrected chi connectivity index (χ2v) is 6.95. The fourth-order valence-electron chi connectivity index (χ4n) is 3.48. The van der Waals surface area contributed by atoms with E-state index in [2.05, 4.69) is 10.2 Å². The van der Waals surface area contributed by atoms with Gasteiger partial charge >= 0.3 is 0 Å². The Morgan fingerprint density at radius 3 is 2.78 bits per heavy atom. The first-order chi connectivity index (χ1) is 13.0. The van der Waals surface area contributed by atoms with Gasteiger partial charge in [-0.15, -0.1) is 0 Å². The fraction of sp³-hybridized carbons (Fsp3) is 0.476. The van der Waals surface area contributed by atoms with Gasteiger partial charge in [0.2, 0.25) is 5.91 Å². The number of carbonyl (C=O) groups excluding carboxylic acids is 1. The number of amides is 1. The zero-order valence-electron chi connectivity index (χ0n) is 16.6. The summed E-state index contributed by atoms with van der Waals surface area (Å²) in [5.41, 5.74) is 4.62. The van der Waals surface area contributed by atoms with Crippen LogP contribution >= 0.6 is 0 Å². The normalized spacial score (nSPS) is 15.9. The molecule has 0 saturated carbocycles. The highest BCUT2D eigenvalue weighted by molar-refractivity contribution is 5.98. The summed E-state index contributed by atoms with van der Waals surface area (Å²) in [6.07, 6.45) is 3.39. The molecule has 146 valence electrons. The summed E-state index contributed by atoms with van der Waals surface area (Å²) in [5.74, 6) is 0.649. The number of nitrogens with one attached hydrogen (secondary N) is 1. The molecule has 0 radical (unpaired) electrons. The van der Waals surface area contributed by atoms with E-state index in [0.717, 1.165) is 71.8 Å². The zero-order valence-corrected chi connectivity index (χ0v) is 16.6. The Kier molecular flexibility index (Phi) is 6.19. The van der Waals surface area contributed by atoms with Crippen molar-refractivity contribution in [1.82, 2.24) is 10.2 Å². The minimum atomic E-state index is -0.0931. The van der Waals surface area contributed by atoms with Crippen molar-refractivity contribution < 1.29 is 18.7 Å². The second kappa shape index (κ2) is 8.59. The van der Waals surface area contributed by atoms with Crippen molar-refractivity contribution in [2.45, 2.75) is 20.8 Å². The van der Waals surface area contributed by atoms with Crippen LogP contribution in [0.1, 0.15) is 23.6 Å². The molecule has 1 aliphatic heterocycles. The lowest BCUT2D eigenvalue weighted by Gasteiger charge is -2.26. The second-order valence-electron chi connectivity index (χ2n) is 6.95. The number of rotatable bonds is 6. The van der Waals surface area contributed by atoms with Crippen LogP contribution in [-0.4, -0.2) is 57.3 Å². The number of ether oxygens (including phenoxy) is 2. The first kappa shape index (κ1) is 19.5. The lowest BCUT2D eigenvalue weighted by atomic mass is 9.98. The van der Waals surface area contributed by atoms with Gasteiger partial charge in [-0.05, 0) is 38.0 Å². The van der Waals surface area contributed by atoms with Crippen molar-refractivity contribution in [3.8, 4) is 5.75 Å². The number of aryl methyl sites for hydroxylation is 2. The number of methoxy groups -OCH3 is 1. The molecule has 1 aromatic carbocycles. The van der Waals surface area contributed by atoms with E-state index in [9.17, 15) is 4.79 Å². The van der Waals surface area contributed by atoms with Crippen molar-refractivity contribution in [2.24, 2.45) is 0 Å². The summed E-state index contributed by atoms with van der Waals surface area (Å²) in [6, 6.07) is 2.03. The van der Waals surface area contributed by atoms with Crippen LogP contribution in [0.25, 0.3) is 16.5 Å². The third kappa shape index (κ3) is 4.34. The molecular formula is C21H28N2O4. The molecule has 0 unspecified atom stereocenters. The maximum absolute atomic E-state index is 12.3. The van der Waals surface area contributed by atoms with E-state index in [-0.39, 0.29) is 5.91 Å². The minimum Gasteiger partial charge on any atom is -0.496 e. The summed E-state index contributed by atoms with van der Waals surface area (Å²) >= 11 is 0. The van der Waals surface area contributed by atoms with E-state index < -0.39 is 0 Å². The highest BCUT2D eigenvalue weighted by Gasteiger charge is 2.17. The van der Waals surface area contributed by atoms with Crippen LogP contribution < -0.4 is 10.1 Å². The Bertz CT molecular complexity index is 847. The third-order valence-electron chi connectivity index (χ3n) is 5.05. The number of benzene rings is 1. The molecule has 0 bridgehead atoms. The summed E-state index contributed by atoms with van der Waals surface area (Å²) in [5, 5.41) is 4.01. The maximum atomic E-state index is 12.3. The summed E-state index contributed by atoms with van der Waals surface area (Å²) in [7, 11) is 1.64. The van der Waals surface area contributed by atoms with Gasteiger partial charge in [-0.3, -0.25) is 9.69 Å². The lowest BCUT2D eigenvalue weighted by molar-refractivity contribution is -0.116. The highest BCUT2D eigenvalue weighted by Crippen LogP contribution is 2.37. The van der Waals surface area contributed by atoms with Crippen molar-refractivity contribution >= 4 is 22.4 Å². The Balaban J connectivity index is 1.72. The van der Waals surface area contributed by atoms with Gasteiger partial charge in [-0.1, -0.05) is 0 Å². The SMILES string of the molecule is COc1c(/C(C)=C/C(=O)NCCN2CCOCC2)cc2c(C)coc2c1C. The summed E-state index contributed by atoms with van der Waals surface area (Å²) < 4.78 is 16.6. The fourth-order valence-corrected chi connectivity index (χ4v) is 3.48. The average molecular weight is 372 g/mol. The van der Waals surface area contributed by atoms with Gasteiger partial charge in [0, 0.05) is 48.8 Å². The molecule has 3 rings (SSSR count). The molecule has 27 heavy (non-hydrogen) atoms. The molecule has 0 spiro atoms. The predicted molar refractivity (Wildman–Crippen MR) is 106 cm³/mol. The largest absolute Gasteiger partial charge is 0.496 e. The van der Waals surface area contributed by atoms with Crippen LogP contribution in [0.4, 0.5) is 0 Å². The maximum Gasteiger partial charge on any atom is 0.244 e. The van der Waals surface area contributed by atoms with Gasteiger partial charge in [0.25, 0.3) is 0 Å². The topological polar surface area (TPSA) is 63.9 Å². The predicted octanol–water partition coefficient (Wildman–Crippen LogP) is 2.91. The molecule has 1 aromatic heterocycles. The van der Waals surface area contributed by atoms with E-state index in [4.69, 9.17) is 13.9 Å². The number of allylic oxidation sites excluding steroid dienone is 1. The number of fused-ring (bicyclic) bond motifs is 1. The smallest absolute Gasteiger partial charge is 0.244 e. The number of hydrogen-bond acceptors (Lipinski definition) is 5. The molecule has 2 aromatic rings. The minimum absolute atomic E-state index is 0.0931. The number of nitrogens with zero attached hydrogens (tertiary/aromatic N) is 1. The zero-order chi connectivity index (χ0) is 19.4. The van der Waals surface area contributed by atoms with Crippen molar-refractivity contribution in [1.29, 1.82) is 0 Å². The Morgan fingerprint density at radius 1 is 1.33 bits per heavy atom. The summed E-state index contributed by atoms with van der Waals surface area (Å²) in [6.45, 7) is 10.8. The van der Waals surface area contributed by atoms with Gasteiger partial charge in [0.1, 0.15) is 11.3 Å². The molecule has 1 saturated heterocycles. The molecule has 1 aliphatic rings. The molecule has 1 N–H and O–H groups in total. The van der Waals surface area contributed by atoms with Gasteiger partial charge in [0.15, 0.2) is 0 Å². The van der Waals surface area contributed by atoms with E-state index in [0.29, 0.717) is 6.54 Å². The van der Waals surface area contributed by atoms with Gasteiger partial charge in [-0.2, -0.15) is 0 Å². The Hall–Kier alpha value is -2.31. The van der Waals surface area contributed by atoms with Crippen LogP contribution in [0.15, 0.2) is 22.8 Å². The van der Waals surface area contributed by atoms with Gasteiger partial charge in [0.05, 0.1) is 26.6 Å². The molecule has 6 heteroatoms. The lowest BCUT2D eigenvalue weighted by Crippen LogP contribution is -2.41. The monoisotopic (exact) mass is 372 g/mol. The quantitative estimate of drug-likeness (QED) is 0.790. The first-order valence-corrected chi connectivity index (χ1v) is 9.33. The average Bonchev–Trinajstić information content (AvgIpc) is 3.03. The third-order valence-corrected chi connectivity index (χ3v) is 5.05. The number of carbonyl (C=O) groups is 1. The molecular weight excluding hydrogens is 344 g/mol. The van der Waals surface area contributed by atoms with E-state index in [1.807, 2.05) is 26.8 Å². The van der Waals surface area contributed by atoms with Gasteiger partial charge < -0.3 is 19.2 Å². The Morgan fingerprint density at radius 2 is 2.07 bits per heavy atom. The molecule has 1 fully saturated rings. The van der Waals surface area contributed by atoms with Crippen LogP contribution in [0, 0.1) is 13.8 Å². The van der Waals surface area contributed by atoms with Crippen molar-refractivity contribution in [3.63, 3.8) is 0 Å². The van der Waals surface area contributed by atoms with E-state index >= 15 is 0 Å². The summed E-state index contributed by atoms with van der Waals surface area (Å²) in [4.78, 5) is 14.6. The first-order valence-electron chi connectivity index (χ1n) is 9.33. The molecule has 6 nitrogen and oxygen atoms in total. The van der Waals surface area contributed by atoms with E-state index in [1.54, 1.807) is 19.4 Å². The van der Waals surface area contributed by atoms with E-state index in [1.165, 1.54) is 0 Å². The molecule has 1 amide bonds. The van der Waals surface area contributed by atoms with Gasteiger partial charge in [-0.25, -0.2) is 0 Å². The number of morpholine rings is 1. The number of furan rings is 1. The molecule has 2 heterocycles. The van der Waals surface area contributed by atoms with Crippen LogP contribution in [-0.2, 0) is 9.53 Å². The molecule has 0 atom stereocenters. The number of hydrogen-bond donors (Lipinski definition) is 1.